The van der Waals surface area contributed by atoms with Gasteiger partial charge in [0.1, 0.15) is 0 Å². The van der Waals surface area contributed by atoms with Gasteiger partial charge in [0.15, 0.2) is 0 Å². The van der Waals surface area contributed by atoms with Gasteiger partial charge in [-0.1, -0.05) is 122 Å². The normalized spacial score (nSPS) is 11.6. The molecular formula is C36H44. The first-order valence-corrected chi connectivity index (χ1v) is 13.8. The van der Waals surface area contributed by atoms with Gasteiger partial charge in [-0.3, -0.25) is 0 Å². The molecule has 0 aliphatic heterocycles. The number of hydrogen-bond acceptors (Lipinski definition) is 0. The van der Waals surface area contributed by atoms with Gasteiger partial charge in [0, 0.05) is 24.0 Å². The van der Waals surface area contributed by atoms with Gasteiger partial charge in [0.05, 0.1) is 0 Å². The third-order valence-electron chi connectivity index (χ3n) is 6.77. The second-order valence-electron chi connectivity index (χ2n) is 12.0. The highest BCUT2D eigenvalue weighted by atomic mass is 14.3. The van der Waals surface area contributed by atoms with Gasteiger partial charge in [-0.15, -0.1) is 0 Å². The van der Waals surface area contributed by atoms with Crippen molar-refractivity contribution in [3.8, 4) is 34.8 Å². The Morgan fingerprint density at radius 2 is 1.19 bits per heavy atom. The highest BCUT2D eigenvalue weighted by molar-refractivity contribution is 5.99. The smallest absolute Gasteiger partial charge is 0.0480 e. The average Bonchev–Trinajstić information content (AvgIpc) is 2.83. The van der Waals surface area contributed by atoms with E-state index in [0.717, 1.165) is 49.7 Å². The van der Waals surface area contributed by atoms with E-state index < -0.39 is 0 Å². The molecule has 0 aliphatic rings. The van der Waals surface area contributed by atoms with Crippen LogP contribution in [0.25, 0.3) is 21.9 Å². The predicted molar refractivity (Wildman–Crippen MR) is 160 cm³/mol. The SMILES string of the molecule is CCCCC#Cc1cc(C(C)(C)C)cc(-c2cc(C(C)(C)C)cc3ccccc23)c1C#CCCCC. The summed E-state index contributed by atoms with van der Waals surface area (Å²) in [6.07, 6.45) is 6.43. The molecule has 0 heterocycles. The van der Waals surface area contributed by atoms with Crippen LogP contribution in [0.4, 0.5) is 0 Å². The Morgan fingerprint density at radius 1 is 0.639 bits per heavy atom. The Bertz CT molecular complexity index is 1310. The molecule has 0 fully saturated rings. The van der Waals surface area contributed by atoms with Crippen molar-refractivity contribution in [2.75, 3.05) is 0 Å². The van der Waals surface area contributed by atoms with Crippen LogP contribution in [0, 0.1) is 23.7 Å². The van der Waals surface area contributed by atoms with Crippen molar-refractivity contribution in [3.05, 3.63) is 70.8 Å². The summed E-state index contributed by atoms with van der Waals surface area (Å²) in [6, 6.07) is 18.2. The largest absolute Gasteiger partial charge is 0.0978 e. The van der Waals surface area contributed by atoms with Gasteiger partial charge in [-0.2, -0.15) is 0 Å². The molecule has 0 aliphatic carbocycles. The first-order valence-electron chi connectivity index (χ1n) is 13.8. The van der Waals surface area contributed by atoms with Gasteiger partial charge >= 0.3 is 0 Å². The zero-order chi connectivity index (χ0) is 26.3. The number of hydrogen-bond donors (Lipinski definition) is 0. The van der Waals surface area contributed by atoms with E-state index >= 15 is 0 Å². The van der Waals surface area contributed by atoms with Crippen molar-refractivity contribution in [2.45, 2.75) is 105 Å². The molecule has 0 unspecified atom stereocenters. The summed E-state index contributed by atoms with van der Waals surface area (Å²) < 4.78 is 0. The lowest BCUT2D eigenvalue weighted by atomic mass is 9.79. The third-order valence-corrected chi connectivity index (χ3v) is 6.77. The Hall–Kier alpha value is -2.96. The standard InChI is InChI=1S/C36H44/c1-9-11-13-15-19-27-23-29(35(3,4)5)25-33(31(27)21-16-14-12-10-2)34-26-30(36(6,7)8)24-28-20-17-18-22-32(28)34/h17-18,20,22-26H,9-14H2,1-8H3. The topological polar surface area (TPSA) is 0 Å². The summed E-state index contributed by atoms with van der Waals surface area (Å²) in [4.78, 5) is 0. The van der Waals surface area contributed by atoms with Gasteiger partial charge in [-0.25, -0.2) is 0 Å². The molecule has 0 spiro atoms. The molecule has 0 nitrogen and oxygen atoms in total. The molecule has 0 saturated heterocycles. The van der Waals surface area contributed by atoms with Crippen LogP contribution in [0.1, 0.15) is 116 Å². The highest BCUT2D eigenvalue weighted by Gasteiger charge is 2.22. The quantitative estimate of drug-likeness (QED) is 0.254. The van der Waals surface area contributed by atoms with Crippen LogP contribution in [0.3, 0.4) is 0 Å². The number of benzene rings is 3. The van der Waals surface area contributed by atoms with Crippen molar-refractivity contribution in [1.29, 1.82) is 0 Å². The number of fused-ring (bicyclic) bond motifs is 1. The molecular weight excluding hydrogens is 432 g/mol. The number of unbranched alkanes of at least 4 members (excludes halogenated alkanes) is 4. The van der Waals surface area contributed by atoms with E-state index in [9.17, 15) is 0 Å². The molecule has 0 radical (unpaired) electrons. The monoisotopic (exact) mass is 476 g/mol. The zero-order valence-corrected chi connectivity index (χ0v) is 23.9. The molecule has 188 valence electrons. The lowest BCUT2D eigenvalue weighted by Gasteiger charge is -2.24. The summed E-state index contributed by atoms with van der Waals surface area (Å²) >= 11 is 0. The minimum atomic E-state index is 0.0141. The minimum absolute atomic E-state index is 0.0141. The van der Waals surface area contributed by atoms with E-state index in [2.05, 4.69) is 128 Å². The molecule has 36 heavy (non-hydrogen) atoms. The second kappa shape index (κ2) is 11.8. The Balaban J connectivity index is 2.42. The maximum Gasteiger partial charge on any atom is 0.0480 e. The predicted octanol–water partition coefficient (Wildman–Crippen LogP) is 10.2. The van der Waals surface area contributed by atoms with E-state index in [0.29, 0.717) is 0 Å². The molecule has 0 amide bonds. The molecule has 0 N–H and O–H groups in total. The summed E-state index contributed by atoms with van der Waals surface area (Å²) in [5.74, 6) is 14.1. The van der Waals surface area contributed by atoms with Crippen molar-refractivity contribution in [1.82, 2.24) is 0 Å². The van der Waals surface area contributed by atoms with Crippen LogP contribution in [0.5, 0.6) is 0 Å². The second-order valence-corrected chi connectivity index (χ2v) is 12.0. The Morgan fingerprint density at radius 3 is 1.81 bits per heavy atom. The Kier molecular flexibility index (Phi) is 9.09. The average molecular weight is 477 g/mol. The molecule has 0 saturated carbocycles. The fourth-order valence-corrected chi connectivity index (χ4v) is 4.33. The molecule has 0 atom stereocenters. The first kappa shape index (κ1) is 27.6. The lowest BCUT2D eigenvalue weighted by molar-refractivity contribution is 0.589. The molecule has 0 bridgehead atoms. The maximum absolute atomic E-state index is 3.61. The molecule has 0 aromatic heterocycles. The summed E-state index contributed by atoms with van der Waals surface area (Å²) in [5, 5.41) is 2.56. The van der Waals surface area contributed by atoms with E-state index in [4.69, 9.17) is 0 Å². The van der Waals surface area contributed by atoms with Crippen LogP contribution >= 0.6 is 0 Å². The van der Waals surface area contributed by atoms with Gasteiger partial charge in [0.25, 0.3) is 0 Å². The first-order chi connectivity index (χ1) is 17.1. The van der Waals surface area contributed by atoms with Crippen LogP contribution < -0.4 is 0 Å². The van der Waals surface area contributed by atoms with Crippen molar-refractivity contribution < 1.29 is 0 Å². The molecule has 3 aromatic rings. The van der Waals surface area contributed by atoms with Crippen LogP contribution in [0.15, 0.2) is 48.5 Å². The highest BCUT2D eigenvalue weighted by Crippen LogP contribution is 2.39. The van der Waals surface area contributed by atoms with Gasteiger partial charge < -0.3 is 0 Å². The van der Waals surface area contributed by atoms with Gasteiger partial charge in [-0.05, 0) is 74.9 Å². The van der Waals surface area contributed by atoms with Crippen LogP contribution in [-0.4, -0.2) is 0 Å². The van der Waals surface area contributed by atoms with E-state index in [1.165, 1.54) is 33.0 Å². The lowest BCUT2D eigenvalue weighted by Crippen LogP contribution is -2.13. The third kappa shape index (κ3) is 6.83. The van der Waals surface area contributed by atoms with Crippen molar-refractivity contribution in [2.24, 2.45) is 0 Å². The molecule has 0 heteroatoms. The summed E-state index contributed by atoms with van der Waals surface area (Å²) in [7, 11) is 0. The van der Waals surface area contributed by atoms with Crippen molar-refractivity contribution in [3.63, 3.8) is 0 Å². The fourth-order valence-electron chi connectivity index (χ4n) is 4.33. The minimum Gasteiger partial charge on any atom is -0.0978 e. The molecule has 3 rings (SSSR count). The summed E-state index contributed by atoms with van der Waals surface area (Å²) in [6.45, 7) is 18.2. The number of rotatable bonds is 5. The van der Waals surface area contributed by atoms with E-state index in [1.54, 1.807) is 0 Å². The molecule has 3 aromatic carbocycles. The fraction of sp³-hybridized carbons (Fsp3) is 0.444. The Labute approximate surface area is 220 Å². The van der Waals surface area contributed by atoms with E-state index in [-0.39, 0.29) is 10.8 Å². The van der Waals surface area contributed by atoms with Crippen LogP contribution in [0.2, 0.25) is 0 Å². The van der Waals surface area contributed by atoms with Crippen LogP contribution in [-0.2, 0) is 10.8 Å². The summed E-state index contributed by atoms with van der Waals surface area (Å²) in [5.41, 5.74) is 7.35. The zero-order valence-electron chi connectivity index (χ0n) is 23.9. The van der Waals surface area contributed by atoms with Gasteiger partial charge in [0.2, 0.25) is 0 Å². The van der Waals surface area contributed by atoms with E-state index in [1.807, 2.05) is 0 Å². The maximum atomic E-state index is 3.61. The van der Waals surface area contributed by atoms with Crippen molar-refractivity contribution >= 4 is 10.8 Å².